The lowest BCUT2D eigenvalue weighted by atomic mass is 10.0. The molecular weight excluding hydrogens is 282 g/mol. The fourth-order valence-corrected chi connectivity index (χ4v) is 2.40. The van der Waals surface area contributed by atoms with E-state index in [-0.39, 0.29) is 24.2 Å². The predicted molar refractivity (Wildman–Crippen MR) is 76.5 cm³/mol. The lowest BCUT2D eigenvalue weighted by Crippen LogP contribution is -2.50. The van der Waals surface area contributed by atoms with Crippen molar-refractivity contribution in [3.8, 4) is 0 Å². The van der Waals surface area contributed by atoms with Crippen LogP contribution in [0.2, 0.25) is 0 Å². The Morgan fingerprint density at radius 3 is 2.75 bits per heavy atom. The zero-order valence-electron chi connectivity index (χ0n) is 12.0. The Morgan fingerprint density at radius 2 is 2.25 bits per heavy atom. The van der Waals surface area contributed by atoms with Crippen molar-refractivity contribution in [3.05, 3.63) is 17.5 Å². The number of carbonyl (C=O) groups is 1. The van der Waals surface area contributed by atoms with Crippen LogP contribution in [0.5, 0.6) is 0 Å². The molecule has 0 aromatic carbocycles. The maximum absolute atomic E-state index is 12.1. The van der Waals surface area contributed by atoms with Gasteiger partial charge in [0, 0.05) is 31.5 Å². The van der Waals surface area contributed by atoms with Crippen LogP contribution >= 0.6 is 12.4 Å². The normalized spacial score (nSPS) is 22.8. The highest BCUT2D eigenvalue weighted by Gasteiger charge is 2.38. The lowest BCUT2D eigenvalue weighted by molar-refractivity contribution is -0.135. The summed E-state index contributed by atoms with van der Waals surface area (Å²) in [6.07, 6.45) is 0.0354. The highest BCUT2D eigenvalue weighted by Crippen LogP contribution is 2.23. The van der Waals surface area contributed by atoms with E-state index in [4.69, 9.17) is 10.3 Å². The molecule has 1 saturated heterocycles. The first kappa shape index (κ1) is 16.9. The average molecular weight is 304 g/mol. The number of rotatable bonds is 3. The number of likely N-dealkylation sites (tertiary alicyclic amines) is 1. The number of halogens is 1. The van der Waals surface area contributed by atoms with Crippen LogP contribution in [0.15, 0.2) is 10.6 Å². The van der Waals surface area contributed by atoms with Crippen LogP contribution in [0.3, 0.4) is 0 Å². The minimum Gasteiger partial charge on any atom is -0.391 e. The molecule has 1 aromatic rings. The van der Waals surface area contributed by atoms with Gasteiger partial charge < -0.3 is 20.3 Å². The molecule has 2 rings (SSSR count). The number of aliphatic hydroxyl groups excluding tert-OH is 1. The molecule has 6 nitrogen and oxygen atoms in total. The number of amides is 1. The number of nitrogens with two attached hydrogens (primary N) is 1. The largest absolute Gasteiger partial charge is 0.391 e. The number of aliphatic hydroxyl groups is 1. The monoisotopic (exact) mass is 303 g/mol. The Bertz CT molecular complexity index is 470. The molecule has 7 heteroatoms. The molecule has 1 amide bonds. The van der Waals surface area contributed by atoms with Crippen molar-refractivity contribution in [2.75, 3.05) is 13.1 Å². The van der Waals surface area contributed by atoms with Crippen LogP contribution in [-0.2, 0) is 11.2 Å². The van der Waals surface area contributed by atoms with E-state index in [0.717, 1.165) is 11.5 Å². The number of aryl methyl sites for hydroxylation is 1. The molecule has 114 valence electrons. The molecule has 1 aromatic heterocycles. The molecule has 1 aliphatic heterocycles. The number of β-amino-alcohol motifs (C(OH)–C–C–N with tert-alkyl or cyclic N) is 1. The quantitative estimate of drug-likeness (QED) is 0.848. The van der Waals surface area contributed by atoms with Crippen molar-refractivity contribution in [2.45, 2.75) is 38.8 Å². The molecule has 0 aliphatic carbocycles. The minimum absolute atomic E-state index is 0. The van der Waals surface area contributed by atoms with Crippen molar-refractivity contribution in [2.24, 2.45) is 11.7 Å². The van der Waals surface area contributed by atoms with Gasteiger partial charge in [0.15, 0.2) is 0 Å². The summed E-state index contributed by atoms with van der Waals surface area (Å²) in [6, 6.07) is 1.85. The van der Waals surface area contributed by atoms with Gasteiger partial charge in [-0.15, -0.1) is 12.4 Å². The van der Waals surface area contributed by atoms with Crippen molar-refractivity contribution in [1.82, 2.24) is 10.1 Å². The van der Waals surface area contributed by atoms with Crippen LogP contribution < -0.4 is 5.73 Å². The summed E-state index contributed by atoms with van der Waals surface area (Å²) < 4.78 is 5.15. The molecule has 0 saturated carbocycles. The van der Waals surface area contributed by atoms with Crippen molar-refractivity contribution in [3.63, 3.8) is 0 Å². The van der Waals surface area contributed by atoms with E-state index in [1.54, 1.807) is 18.7 Å². The number of hydrogen-bond acceptors (Lipinski definition) is 5. The molecular formula is C13H22ClN3O3. The van der Waals surface area contributed by atoms with E-state index in [2.05, 4.69) is 5.16 Å². The molecule has 0 unspecified atom stereocenters. The summed E-state index contributed by atoms with van der Waals surface area (Å²) in [6.45, 7) is 6.03. The molecule has 0 spiro atoms. The van der Waals surface area contributed by atoms with Crippen LogP contribution in [0, 0.1) is 12.8 Å². The maximum atomic E-state index is 12.1. The van der Waals surface area contributed by atoms with Crippen LogP contribution in [0.4, 0.5) is 0 Å². The Hall–Kier alpha value is -1.11. The SMILES string of the molecule is Cc1cc(C[C@@H]2CN(C(=O)C(C)(C)N)C[C@@H]2O)on1.Cl. The highest BCUT2D eigenvalue weighted by atomic mass is 35.5. The lowest BCUT2D eigenvalue weighted by Gasteiger charge is -2.25. The van der Waals surface area contributed by atoms with Gasteiger partial charge in [-0.25, -0.2) is 0 Å². The number of nitrogens with zero attached hydrogens (tertiary/aromatic N) is 2. The number of carbonyl (C=O) groups excluding carboxylic acids is 1. The van der Waals surface area contributed by atoms with Gasteiger partial charge in [-0.3, -0.25) is 4.79 Å². The third kappa shape index (κ3) is 3.71. The Balaban J connectivity index is 0.00000200. The van der Waals surface area contributed by atoms with E-state index in [1.807, 2.05) is 13.0 Å². The van der Waals surface area contributed by atoms with Gasteiger partial charge >= 0.3 is 0 Å². The molecule has 1 aliphatic rings. The molecule has 0 radical (unpaired) electrons. The van der Waals surface area contributed by atoms with Gasteiger partial charge in [-0.05, 0) is 20.8 Å². The van der Waals surface area contributed by atoms with E-state index >= 15 is 0 Å². The van der Waals surface area contributed by atoms with E-state index < -0.39 is 11.6 Å². The highest BCUT2D eigenvalue weighted by molar-refractivity contribution is 5.85. The Kier molecular flexibility index (Phi) is 5.18. The minimum atomic E-state index is -0.905. The molecule has 0 bridgehead atoms. The van der Waals surface area contributed by atoms with Gasteiger partial charge in [-0.2, -0.15) is 0 Å². The first-order chi connectivity index (χ1) is 8.77. The summed E-state index contributed by atoms with van der Waals surface area (Å²) in [7, 11) is 0. The summed E-state index contributed by atoms with van der Waals surface area (Å²) >= 11 is 0. The van der Waals surface area contributed by atoms with Crippen molar-refractivity contribution < 1.29 is 14.4 Å². The fraction of sp³-hybridized carbons (Fsp3) is 0.692. The zero-order chi connectivity index (χ0) is 14.2. The van der Waals surface area contributed by atoms with Crippen molar-refractivity contribution in [1.29, 1.82) is 0 Å². The van der Waals surface area contributed by atoms with Gasteiger partial charge in [0.1, 0.15) is 5.76 Å². The van der Waals surface area contributed by atoms with Gasteiger partial charge in [-0.1, -0.05) is 5.16 Å². The summed E-state index contributed by atoms with van der Waals surface area (Å²) in [5.41, 5.74) is 5.72. The van der Waals surface area contributed by atoms with Gasteiger partial charge in [0.25, 0.3) is 0 Å². The maximum Gasteiger partial charge on any atom is 0.242 e. The topological polar surface area (TPSA) is 92.6 Å². The third-order valence-electron chi connectivity index (χ3n) is 3.39. The summed E-state index contributed by atoms with van der Waals surface area (Å²) in [5.74, 6) is 0.573. The summed E-state index contributed by atoms with van der Waals surface area (Å²) in [4.78, 5) is 13.7. The fourth-order valence-electron chi connectivity index (χ4n) is 2.40. The van der Waals surface area contributed by atoms with Crippen molar-refractivity contribution >= 4 is 18.3 Å². The standard InChI is InChI=1S/C13H21N3O3.ClH/c1-8-4-10(19-15-8)5-9-6-16(7-11(9)17)12(18)13(2,3)14;/h4,9,11,17H,5-7,14H2,1-3H3;1H/t9-,11+;/m1./s1. The average Bonchev–Trinajstić information content (AvgIpc) is 2.85. The summed E-state index contributed by atoms with van der Waals surface area (Å²) in [5, 5.41) is 13.9. The van der Waals surface area contributed by atoms with Crippen LogP contribution in [0.25, 0.3) is 0 Å². The van der Waals surface area contributed by atoms with Gasteiger partial charge in [0.05, 0.1) is 17.3 Å². The molecule has 3 N–H and O–H groups in total. The van der Waals surface area contributed by atoms with E-state index in [1.165, 1.54) is 0 Å². The van der Waals surface area contributed by atoms with E-state index in [9.17, 15) is 9.90 Å². The third-order valence-corrected chi connectivity index (χ3v) is 3.39. The smallest absolute Gasteiger partial charge is 0.242 e. The first-order valence-corrected chi connectivity index (χ1v) is 6.46. The van der Waals surface area contributed by atoms with Crippen LogP contribution in [-0.4, -0.2) is 45.8 Å². The molecule has 2 atom stereocenters. The van der Waals surface area contributed by atoms with E-state index in [0.29, 0.717) is 19.5 Å². The second kappa shape index (κ2) is 6.11. The van der Waals surface area contributed by atoms with Gasteiger partial charge in [0.2, 0.25) is 5.91 Å². The zero-order valence-corrected chi connectivity index (χ0v) is 12.8. The molecule has 1 fully saturated rings. The first-order valence-electron chi connectivity index (χ1n) is 6.46. The van der Waals surface area contributed by atoms with Crippen LogP contribution in [0.1, 0.15) is 25.3 Å². The molecule has 20 heavy (non-hydrogen) atoms. The molecule has 2 heterocycles. The Labute approximate surface area is 124 Å². The second-order valence-electron chi connectivity index (χ2n) is 5.90. The second-order valence-corrected chi connectivity index (χ2v) is 5.90. The Morgan fingerprint density at radius 1 is 1.60 bits per heavy atom. The number of aromatic nitrogens is 1. The number of hydrogen-bond donors (Lipinski definition) is 2. The predicted octanol–water partition coefficient (Wildman–Crippen LogP) is 0.504.